The van der Waals surface area contributed by atoms with Crippen LogP contribution in [0.3, 0.4) is 0 Å². The van der Waals surface area contributed by atoms with Crippen molar-refractivity contribution in [2.45, 2.75) is 58.8 Å². The van der Waals surface area contributed by atoms with Crippen LogP contribution >= 0.6 is 0 Å². The Morgan fingerprint density at radius 1 is 1.36 bits per heavy atom. The number of amides is 1. The van der Waals surface area contributed by atoms with Crippen molar-refractivity contribution in [3.63, 3.8) is 0 Å². The second-order valence-electron chi connectivity index (χ2n) is 5.34. The third-order valence-corrected chi connectivity index (χ3v) is 2.59. The number of nitrogens with one attached hydrogen (secondary N) is 2. The molecule has 8 heteroatoms. The number of nitrogens with zero attached hydrogens (tertiary/aromatic N) is 1. The molecule has 0 saturated heterocycles. The average Bonchev–Trinajstić information content (AvgIpc) is 2.43. The van der Waals surface area contributed by atoms with E-state index < -0.39 is 41.8 Å². The maximum Gasteiger partial charge on any atom is 0.372 e. The predicted molar refractivity (Wildman–Crippen MR) is 77.3 cm³/mol. The molecule has 0 spiro atoms. The van der Waals surface area contributed by atoms with Crippen molar-refractivity contribution in [3.05, 3.63) is 0 Å². The van der Waals surface area contributed by atoms with Gasteiger partial charge in [0.05, 0.1) is 17.8 Å². The molecule has 0 aromatic heterocycles. The van der Waals surface area contributed by atoms with E-state index >= 15 is 0 Å². The number of rotatable bonds is 9. The van der Waals surface area contributed by atoms with Crippen molar-refractivity contribution < 1.29 is 30.4 Å². The minimum atomic E-state index is -2.21. The molecule has 2 atom stereocenters. The molecular weight excluding hydrogens is 290 g/mol. The molecule has 0 radical (unpaired) electrons. The van der Waals surface area contributed by atoms with Crippen LogP contribution < -0.4 is 5.32 Å². The molecule has 0 heterocycles. The molecule has 0 rings (SSSR count). The van der Waals surface area contributed by atoms with Crippen LogP contribution in [0.25, 0.3) is 0 Å². The van der Waals surface area contributed by atoms with E-state index in [9.17, 15) is 19.5 Å². The van der Waals surface area contributed by atoms with Crippen molar-refractivity contribution in [2.24, 2.45) is 5.92 Å². The Morgan fingerprint density at radius 2 is 1.95 bits per heavy atom. The van der Waals surface area contributed by atoms with Gasteiger partial charge in [-0.05, 0) is 26.2 Å². The van der Waals surface area contributed by atoms with Crippen molar-refractivity contribution in [1.29, 1.82) is 5.53 Å². The second kappa shape index (κ2) is 9.81. The lowest BCUT2D eigenvalue weighted by molar-refractivity contribution is -0.153. The molecule has 22 heavy (non-hydrogen) atoms. The van der Waals surface area contributed by atoms with Crippen molar-refractivity contribution in [1.82, 2.24) is 5.32 Å². The van der Waals surface area contributed by atoms with Gasteiger partial charge in [0, 0.05) is 6.42 Å². The molecule has 0 saturated carbocycles. The van der Waals surface area contributed by atoms with Gasteiger partial charge in [-0.1, -0.05) is 13.8 Å². The van der Waals surface area contributed by atoms with Crippen molar-refractivity contribution >= 4 is 23.9 Å². The Hall–Kier alpha value is -2.05. The first-order valence-electron chi connectivity index (χ1n) is 7.47. The van der Waals surface area contributed by atoms with Gasteiger partial charge in [0.1, 0.15) is 12.1 Å². The van der Waals surface area contributed by atoms with Gasteiger partial charge in [0.15, 0.2) is 0 Å². The minimum absolute atomic E-state index is 0.281. The Labute approximate surface area is 130 Å². The average molecular weight is 315 g/mol. The summed E-state index contributed by atoms with van der Waals surface area (Å²) >= 11 is 0. The molecule has 0 fully saturated rings. The Balaban J connectivity index is 5.20. The van der Waals surface area contributed by atoms with E-state index in [1.54, 1.807) is 27.7 Å². The fourth-order valence-electron chi connectivity index (χ4n) is 1.41. The summed E-state index contributed by atoms with van der Waals surface area (Å²) in [5.41, 5.74) is 6.57. The molecule has 0 aromatic carbocycles. The summed E-state index contributed by atoms with van der Waals surface area (Å²) in [6.45, 7) is 6.38. The number of hydrogen-bond acceptors (Lipinski definition) is 6. The van der Waals surface area contributed by atoms with Gasteiger partial charge < -0.3 is 15.2 Å². The molecule has 0 aliphatic carbocycles. The Kier molecular flexibility index (Phi) is 8.03. The molecule has 0 aliphatic rings. The van der Waals surface area contributed by atoms with Crippen LogP contribution in [0.2, 0.25) is 0 Å². The minimum Gasteiger partial charge on any atom is -0.461 e. The molecule has 0 bridgehead atoms. The van der Waals surface area contributed by atoms with E-state index in [1.807, 2.05) is 0 Å². The van der Waals surface area contributed by atoms with E-state index in [0.717, 1.165) is 6.21 Å². The number of hydrogen-bond donors (Lipinski definition) is 3. The van der Waals surface area contributed by atoms with Gasteiger partial charge in [0.25, 0.3) is 0 Å². The SMILES string of the molecule is [2H][C@](CCC(=O)C=[N+]=N)(NC(=O)[C@@H](O)C(C)C)C(=O)OC(C)C. The van der Waals surface area contributed by atoms with E-state index in [2.05, 4.69) is 10.1 Å². The third-order valence-electron chi connectivity index (χ3n) is 2.59. The molecular formula is C14H24N3O5+. The van der Waals surface area contributed by atoms with Gasteiger partial charge in [-0.3, -0.25) is 9.59 Å². The first-order chi connectivity index (χ1) is 10.5. The summed E-state index contributed by atoms with van der Waals surface area (Å²) in [5.74, 6) is -2.88. The highest BCUT2D eigenvalue weighted by Gasteiger charge is 2.28. The lowest BCUT2D eigenvalue weighted by Crippen LogP contribution is -2.48. The summed E-state index contributed by atoms with van der Waals surface area (Å²) in [7, 11) is 0. The van der Waals surface area contributed by atoms with Crippen LogP contribution in [0, 0.1) is 11.4 Å². The standard InChI is InChI=1S/C14H23N3O5/c1-8(2)12(19)13(20)17-11(14(21)22-9(3)4)6-5-10(18)7-16-15/h7-9,11-12,15,19H,5-6H2,1-4H3/p+1/t11-,12+/m1/s1/i11D. The third kappa shape index (κ3) is 7.66. The quantitative estimate of drug-likeness (QED) is 0.240. The molecule has 3 N–H and O–H groups in total. The number of ether oxygens (including phenoxy) is 1. The van der Waals surface area contributed by atoms with Crippen LogP contribution in [-0.2, 0) is 19.1 Å². The zero-order valence-corrected chi connectivity index (χ0v) is 13.3. The summed E-state index contributed by atoms with van der Waals surface area (Å²) < 4.78 is 13.1. The van der Waals surface area contributed by atoms with Gasteiger partial charge in [-0.25, -0.2) is 4.79 Å². The van der Waals surface area contributed by atoms with Crippen LogP contribution in [-0.4, -0.2) is 52.0 Å². The zero-order valence-electron chi connectivity index (χ0n) is 14.3. The molecule has 124 valence electrons. The lowest BCUT2D eigenvalue weighted by atomic mass is 10.0. The number of carbonyl (C=O) groups is 3. The van der Waals surface area contributed by atoms with Gasteiger partial charge in [-0.15, -0.1) is 0 Å². The first kappa shape index (κ1) is 18.0. The summed E-state index contributed by atoms with van der Waals surface area (Å²) in [6, 6.07) is -2.21. The molecule has 0 aliphatic heterocycles. The molecule has 8 nitrogen and oxygen atoms in total. The summed E-state index contributed by atoms with van der Waals surface area (Å²) in [4.78, 5) is 38.2. The van der Waals surface area contributed by atoms with E-state index in [4.69, 9.17) is 11.6 Å². The normalized spacial score (nSPS) is 15.3. The maximum absolute atomic E-state index is 12.1. The van der Waals surface area contributed by atoms with E-state index in [0.29, 0.717) is 0 Å². The Morgan fingerprint density at radius 3 is 2.41 bits per heavy atom. The summed E-state index contributed by atoms with van der Waals surface area (Å²) in [5, 5.41) is 11.9. The predicted octanol–water partition coefficient (Wildman–Crippen LogP) is 0.0990. The number of ketones is 1. The highest BCUT2D eigenvalue weighted by atomic mass is 16.5. The fraction of sp³-hybridized carbons (Fsp3) is 0.714. The first-order valence-corrected chi connectivity index (χ1v) is 6.97. The highest BCUT2D eigenvalue weighted by molar-refractivity contribution is 6.25. The van der Waals surface area contributed by atoms with Crippen LogP contribution in [0.15, 0.2) is 0 Å². The van der Waals surface area contributed by atoms with Crippen LogP contribution in [0.5, 0.6) is 0 Å². The molecule has 0 unspecified atom stereocenters. The van der Waals surface area contributed by atoms with E-state index in [1.165, 1.54) is 0 Å². The van der Waals surface area contributed by atoms with Crippen molar-refractivity contribution in [3.8, 4) is 0 Å². The number of carbonyl (C=O) groups excluding carboxylic acids is 3. The lowest BCUT2D eigenvalue weighted by Gasteiger charge is -2.21. The van der Waals surface area contributed by atoms with Crippen LogP contribution in [0.1, 0.15) is 41.9 Å². The number of aliphatic hydroxyl groups excluding tert-OH is 1. The monoisotopic (exact) mass is 315 g/mol. The molecule has 1 amide bonds. The fourth-order valence-corrected chi connectivity index (χ4v) is 1.41. The number of aliphatic hydroxyl groups is 1. The van der Waals surface area contributed by atoms with Gasteiger partial charge >= 0.3 is 12.2 Å². The number of Topliss-reactive ketones (excluding diaryl/α,β-unsaturated/α-hetero) is 1. The van der Waals surface area contributed by atoms with E-state index in [-0.39, 0.29) is 12.8 Å². The largest absolute Gasteiger partial charge is 0.461 e. The van der Waals surface area contributed by atoms with Crippen molar-refractivity contribution in [2.75, 3.05) is 0 Å². The zero-order chi connectivity index (χ0) is 18.2. The Bertz CT molecular complexity index is 503. The van der Waals surface area contributed by atoms with Gasteiger partial charge in [-0.2, -0.15) is 0 Å². The topological polar surface area (TPSA) is 131 Å². The highest BCUT2D eigenvalue weighted by Crippen LogP contribution is 2.06. The summed E-state index contributed by atoms with van der Waals surface area (Å²) in [6.07, 6.45) is -1.79. The number of esters is 1. The second-order valence-corrected chi connectivity index (χ2v) is 5.34. The molecule has 0 aromatic rings. The smallest absolute Gasteiger partial charge is 0.372 e. The van der Waals surface area contributed by atoms with Gasteiger partial charge in [0.2, 0.25) is 11.7 Å². The maximum atomic E-state index is 12.1. The van der Waals surface area contributed by atoms with Crippen LogP contribution in [0.4, 0.5) is 0 Å².